The molecule has 0 radical (unpaired) electrons. The summed E-state index contributed by atoms with van der Waals surface area (Å²) in [5, 5.41) is 7.42. The summed E-state index contributed by atoms with van der Waals surface area (Å²) in [6, 6.07) is 4.67. The number of nitrogens with zero attached hydrogens (tertiary/aromatic N) is 6. The van der Waals surface area contributed by atoms with Gasteiger partial charge in [-0.05, 0) is 71.8 Å². The lowest BCUT2D eigenvalue weighted by atomic mass is 9.90. The van der Waals surface area contributed by atoms with Crippen molar-refractivity contribution in [2.45, 2.75) is 90.9 Å². The van der Waals surface area contributed by atoms with Gasteiger partial charge in [0, 0.05) is 22.9 Å². The third-order valence-corrected chi connectivity index (χ3v) is 5.21. The Kier molecular flexibility index (Phi) is 13.5. The van der Waals surface area contributed by atoms with E-state index >= 15 is 0 Å². The second-order valence-electron chi connectivity index (χ2n) is 7.42. The van der Waals surface area contributed by atoms with Gasteiger partial charge >= 0.3 is 0 Å². The molecule has 0 fully saturated rings. The number of benzene rings is 1. The van der Waals surface area contributed by atoms with Crippen LogP contribution in [-0.4, -0.2) is 13.1 Å². The number of azide groups is 2. The molecular weight excluding hydrogens is 348 g/mol. The summed E-state index contributed by atoms with van der Waals surface area (Å²) in [5.74, 6) is 0. The van der Waals surface area contributed by atoms with Gasteiger partial charge < -0.3 is 0 Å². The Bertz CT molecular complexity index is 600. The maximum Gasteiger partial charge on any atom is 0.0298 e. The number of unbranched alkanes of at least 4 members (excludes halogenated alkanes) is 6. The minimum Gasteiger partial charge on any atom is -0.0936 e. The lowest BCUT2D eigenvalue weighted by Crippen LogP contribution is -2.05. The number of hydrogen-bond acceptors (Lipinski definition) is 2. The van der Waals surface area contributed by atoms with E-state index < -0.39 is 0 Å². The fourth-order valence-corrected chi connectivity index (χ4v) is 3.64. The second kappa shape index (κ2) is 15.9. The van der Waals surface area contributed by atoms with E-state index in [-0.39, 0.29) is 0 Å². The fraction of sp³-hybridized carbons (Fsp3) is 0.727. The largest absolute Gasteiger partial charge is 0.0936 e. The van der Waals surface area contributed by atoms with Gasteiger partial charge in [0.05, 0.1) is 0 Å². The van der Waals surface area contributed by atoms with Crippen LogP contribution in [0.25, 0.3) is 20.9 Å². The minimum atomic E-state index is 0.468. The van der Waals surface area contributed by atoms with Gasteiger partial charge in [-0.15, -0.1) is 0 Å². The summed E-state index contributed by atoms with van der Waals surface area (Å²) in [7, 11) is 0. The highest BCUT2D eigenvalue weighted by molar-refractivity contribution is 5.39. The van der Waals surface area contributed by atoms with Crippen LogP contribution in [0.1, 0.15) is 87.5 Å². The monoisotopic (exact) mass is 384 g/mol. The molecule has 0 atom stereocenters. The van der Waals surface area contributed by atoms with Gasteiger partial charge in [-0.25, -0.2) is 0 Å². The van der Waals surface area contributed by atoms with Crippen LogP contribution in [-0.2, 0) is 25.7 Å². The molecular formula is C22H36N6. The number of hydrogen-bond donors (Lipinski definition) is 0. The van der Waals surface area contributed by atoms with Gasteiger partial charge in [0.2, 0.25) is 0 Å². The zero-order valence-corrected chi connectivity index (χ0v) is 17.7. The van der Waals surface area contributed by atoms with Crippen LogP contribution in [0.15, 0.2) is 22.4 Å². The van der Waals surface area contributed by atoms with Crippen LogP contribution in [0, 0.1) is 0 Å². The Morgan fingerprint density at radius 1 is 0.607 bits per heavy atom. The summed E-state index contributed by atoms with van der Waals surface area (Å²) in [6.07, 6.45) is 13.8. The molecule has 0 aliphatic rings. The highest BCUT2D eigenvalue weighted by Gasteiger charge is 2.10. The minimum absolute atomic E-state index is 0.468. The van der Waals surface area contributed by atoms with Gasteiger partial charge in [-0.2, -0.15) is 0 Å². The SMILES string of the molecule is CCCCCCc1cc(CCN=[N+]=[N-])c(CCN=[N+]=[N-])cc1CCCCCC. The van der Waals surface area contributed by atoms with Gasteiger partial charge in [0.1, 0.15) is 0 Å². The van der Waals surface area contributed by atoms with Crippen LogP contribution in [0.4, 0.5) is 0 Å². The van der Waals surface area contributed by atoms with E-state index in [9.17, 15) is 0 Å². The van der Waals surface area contributed by atoms with Crippen LogP contribution in [0.2, 0.25) is 0 Å². The molecule has 1 rings (SSSR count). The molecule has 0 bridgehead atoms. The summed E-state index contributed by atoms with van der Waals surface area (Å²) in [6.45, 7) is 5.42. The first-order valence-corrected chi connectivity index (χ1v) is 10.9. The van der Waals surface area contributed by atoms with Crippen molar-refractivity contribution in [1.29, 1.82) is 0 Å². The Morgan fingerprint density at radius 2 is 1.00 bits per heavy atom. The number of aryl methyl sites for hydroxylation is 2. The zero-order valence-electron chi connectivity index (χ0n) is 17.7. The normalized spacial score (nSPS) is 10.4. The summed E-state index contributed by atoms with van der Waals surface area (Å²) in [5.41, 5.74) is 22.6. The molecule has 1 aromatic rings. The first-order chi connectivity index (χ1) is 13.8. The smallest absolute Gasteiger partial charge is 0.0298 e. The predicted octanol–water partition coefficient (Wildman–Crippen LogP) is 7.64. The van der Waals surface area contributed by atoms with Crippen molar-refractivity contribution in [2.75, 3.05) is 13.1 Å². The molecule has 0 heterocycles. The molecule has 28 heavy (non-hydrogen) atoms. The molecule has 0 aliphatic heterocycles. The Labute approximate surface area is 170 Å². The maximum absolute atomic E-state index is 8.60. The third-order valence-electron chi connectivity index (χ3n) is 5.21. The Hall–Kier alpha value is -2.16. The van der Waals surface area contributed by atoms with Crippen LogP contribution in [0.3, 0.4) is 0 Å². The highest BCUT2D eigenvalue weighted by Crippen LogP contribution is 2.23. The van der Waals surface area contributed by atoms with Crippen molar-refractivity contribution in [1.82, 2.24) is 0 Å². The Balaban J connectivity index is 3.04. The van der Waals surface area contributed by atoms with Gasteiger partial charge in [0.15, 0.2) is 0 Å². The average Bonchev–Trinajstić information content (AvgIpc) is 2.70. The van der Waals surface area contributed by atoms with E-state index in [0.717, 1.165) is 25.7 Å². The maximum atomic E-state index is 8.60. The molecule has 0 aliphatic carbocycles. The van der Waals surface area contributed by atoms with E-state index in [0.29, 0.717) is 13.1 Å². The summed E-state index contributed by atoms with van der Waals surface area (Å²) in [4.78, 5) is 5.76. The predicted molar refractivity (Wildman–Crippen MR) is 118 cm³/mol. The molecule has 0 aromatic heterocycles. The highest BCUT2D eigenvalue weighted by atomic mass is 15.1. The van der Waals surface area contributed by atoms with Crippen LogP contribution in [0.5, 0.6) is 0 Å². The lowest BCUT2D eigenvalue weighted by molar-refractivity contribution is 0.649. The van der Waals surface area contributed by atoms with Gasteiger partial charge in [-0.1, -0.05) is 74.7 Å². The van der Waals surface area contributed by atoms with Crippen molar-refractivity contribution >= 4 is 0 Å². The van der Waals surface area contributed by atoms with E-state index in [1.807, 2.05) is 0 Å². The summed E-state index contributed by atoms with van der Waals surface area (Å²) >= 11 is 0. The fourth-order valence-electron chi connectivity index (χ4n) is 3.64. The van der Waals surface area contributed by atoms with E-state index in [4.69, 9.17) is 11.1 Å². The topological polar surface area (TPSA) is 97.5 Å². The molecule has 0 N–H and O–H groups in total. The van der Waals surface area contributed by atoms with Crippen LogP contribution >= 0.6 is 0 Å². The molecule has 0 saturated carbocycles. The molecule has 154 valence electrons. The first kappa shape index (κ1) is 23.9. The molecule has 0 saturated heterocycles. The molecule has 0 spiro atoms. The summed E-state index contributed by atoms with van der Waals surface area (Å²) < 4.78 is 0. The van der Waals surface area contributed by atoms with Crippen molar-refractivity contribution in [2.24, 2.45) is 10.2 Å². The van der Waals surface area contributed by atoms with E-state index in [1.165, 1.54) is 73.6 Å². The molecule has 0 amide bonds. The first-order valence-electron chi connectivity index (χ1n) is 10.9. The van der Waals surface area contributed by atoms with Gasteiger partial charge in [-0.3, -0.25) is 0 Å². The number of rotatable bonds is 16. The second-order valence-corrected chi connectivity index (χ2v) is 7.42. The molecule has 6 nitrogen and oxygen atoms in total. The van der Waals surface area contributed by atoms with Crippen molar-refractivity contribution in [3.05, 3.63) is 55.3 Å². The average molecular weight is 385 g/mol. The third kappa shape index (κ3) is 9.68. The van der Waals surface area contributed by atoms with E-state index in [1.54, 1.807) is 0 Å². The van der Waals surface area contributed by atoms with Gasteiger partial charge in [0.25, 0.3) is 0 Å². The Morgan fingerprint density at radius 3 is 1.36 bits per heavy atom. The zero-order chi connectivity index (χ0) is 20.5. The van der Waals surface area contributed by atoms with Crippen LogP contribution < -0.4 is 0 Å². The van der Waals surface area contributed by atoms with Crippen molar-refractivity contribution < 1.29 is 0 Å². The molecule has 6 heteroatoms. The lowest BCUT2D eigenvalue weighted by Gasteiger charge is -2.17. The van der Waals surface area contributed by atoms with Crippen molar-refractivity contribution in [3.63, 3.8) is 0 Å². The van der Waals surface area contributed by atoms with Crippen molar-refractivity contribution in [3.8, 4) is 0 Å². The molecule has 0 unspecified atom stereocenters. The quantitative estimate of drug-likeness (QED) is 0.121. The standard InChI is InChI=1S/C22H36N6/c1-3-5-7-9-11-19-17-21(13-15-25-27-23)22(14-16-26-28-24)18-20(19)12-10-8-6-4-2/h17-18H,3-16H2,1-2H3. The molecule has 1 aromatic carbocycles. The van der Waals surface area contributed by atoms with E-state index in [2.05, 4.69) is 46.0 Å².